The van der Waals surface area contributed by atoms with Crippen molar-refractivity contribution in [2.24, 2.45) is 22.7 Å². The highest BCUT2D eigenvalue weighted by Gasteiger charge is 2.36. The normalized spacial score (nSPS) is 18.1. The van der Waals surface area contributed by atoms with E-state index in [1.54, 1.807) is 4.90 Å². The Morgan fingerprint density at radius 2 is 1.63 bits per heavy atom. The van der Waals surface area contributed by atoms with Crippen LogP contribution in [0.2, 0.25) is 0 Å². The molecule has 0 bridgehead atoms. The van der Waals surface area contributed by atoms with E-state index in [2.05, 4.69) is 26.1 Å². The summed E-state index contributed by atoms with van der Waals surface area (Å²) in [6.45, 7) is 12.5. The third-order valence-corrected chi connectivity index (χ3v) is 8.45. The minimum Gasteiger partial charge on any atom is -0.378 e. The lowest BCUT2D eigenvalue weighted by molar-refractivity contribution is -0.143. The van der Waals surface area contributed by atoms with E-state index in [1.807, 2.05) is 44.2 Å². The molecule has 3 rings (SSSR count). The zero-order valence-electron chi connectivity index (χ0n) is 27.1. The molecule has 1 saturated heterocycles. The van der Waals surface area contributed by atoms with Gasteiger partial charge in [0.05, 0.1) is 38.4 Å². The van der Waals surface area contributed by atoms with E-state index in [4.69, 9.17) is 9.47 Å². The molecule has 1 N–H and O–H groups in total. The lowest BCUT2D eigenvalue weighted by Gasteiger charge is -2.32. The molecule has 0 radical (unpaired) electrons. The largest absolute Gasteiger partial charge is 0.378 e. The fourth-order valence-electron chi connectivity index (χ4n) is 6.79. The highest BCUT2D eigenvalue weighted by molar-refractivity contribution is 6.38. The predicted octanol–water partition coefficient (Wildman–Crippen LogP) is 6.15. The second kappa shape index (κ2) is 16.5. The van der Waals surface area contributed by atoms with E-state index < -0.39 is 23.5 Å². The highest BCUT2D eigenvalue weighted by atomic mass is 16.5. The second-order valence-electron chi connectivity index (χ2n) is 14.6. The van der Waals surface area contributed by atoms with Gasteiger partial charge in [0.15, 0.2) is 11.6 Å². The Kier molecular flexibility index (Phi) is 13.4. The lowest BCUT2D eigenvalue weighted by atomic mass is 9.73. The van der Waals surface area contributed by atoms with Gasteiger partial charge in [0.2, 0.25) is 5.78 Å². The first-order chi connectivity index (χ1) is 20.3. The number of urea groups is 1. The van der Waals surface area contributed by atoms with E-state index in [9.17, 15) is 19.2 Å². The summed E-state index contributed by atoms with van der Waals surface area (Å²) in [6.07, 6.45) is 6.80. The molecular formula is C35H54N2O6. The Morgan fingerprint density at radius 1 is 0.977 bits per heavy atom. The molecule has 1 aliphatic carbocycles. The van der Waals surface area contributed by atoms with Gasteiger partial charge in [-0.05, 0) is 35.2 Å². The SMILES string of the molecule is CC(C)(C)CC(C)(C)CC(=O)C(=O)[C@H](COCc1ccccc1)CC(=O)[C@H](CC1CCCCC1)NC(=O)N1CCOCC1. The second-order valence-corrected chi connectivity index (χ2v) is 14.6. The van der Waals surface area contributed by atoms with Gasteiger partial charge in [-0.2, -0.15) is 0 Å². The van der Waals surface area contributed by atoms with Gasteiger partial charge >= 0.3 is 6.03 Å². The Morgan fingerprint density at radius 3 is 2.26 bits per heavy atom. The van der Waals surface area contributed by atoms with E-state index in [1.165, 1.54) is 6.42 Å². The summed E-state index contributed by atoms with van der Waals surface area (Å²) in [5, 5.41) is 3.00. The Bertz CT molecular complexity index is 1050. The van der Waals surface area contributed by atoms with Crippen LogP contribution in [0.3, 0.4) is 0 Å². The smallest absolute Gasteiger partial charge is 0.318 e. The fourth-order valence-corrected chi connectivity index (χ4v) is 6.79. The molecule has 2 atom stereocenters. The van der Waals surface area contributed by atoms with Gasteiger partial charge in [0.25, 0.3) is 0 Å². The van der Waals surface area contributed by atoms with Crippen molar-refractivity contribution in [3.8, 4) is 0 Å². The van der Waals surface area contributed by atoms with Crippen LogP contribution in [0.25, 0.3) is 0 Å². The number of ketones is 3. The number of hydrogen-bond donors (Lipinski definition) is 1. The van der Waals surface area contributed by atoms with Crippen molar-refractivity contribution in [3.63, 3.8) is 0 Å². The van der Waals surface area contributed by atoms with Gasteiger partial charge in [0.1, 0.15) is 0 Å². The van der Waals surface area contributed by atoms with Gasteiger partial charge < -0.3 is 19.7 Å². The maximum Gasteiger partial charge on any atom is 0.318 e. The van der Waals surface area contributed by atoms with E-state index >= 15 is 0 Å². The molecule has 2 amide bonds. The molecular weight excluding hydrogens is 544 g/mol. The fraction of sp³-hybridized carbons (Fsp3) is 0.714. The monoisotopic (exact) mass is 598 g/mol. The molecule has 8 heteroatoms. The van der Waals surface area contributed by atoms with Crippen molar-refractivity contribution in [2.45, 2.75) is 105 Å². The zero-order chi connectivity index (χ0) is 31.5. The summed E-state index contributed by atoms with van der Waals surface area (Å²) in [6, 6.07) is 8.63. The van der Waals surface area contributed by atoms with E-state index in [0.717, 1.165) is 37.7 Å². The number of nitrogens with one attached hydrogen (secondary N) is 1. The van der Waals surface area contributed by atoms with Crippen LogP contribution in [0.5, 0.6) is 0 Å². The van der Waals surface area contributed by atoms with Crippen molar-refractivity contribution in [3.05, 3.63) is 35.9 Å². The van der Waals surface area contributed by atoms with Gasteiger partial charge in [-0.15, -0.1) is 0 Å². The van der Waals surface area contributed by atoms with Crippen molar-refractivity contribution in [2.75, 3.05) is 32.9 Å². The van der Waals surface area contributed by atoms with Crippen molar-refractivity contribution < 1.29 is 28.7 Å². The topological polar surface area (TPSA) is 102 Å². The van der Waals surface area contributed by atoms with Crippen LogP contribution in [0.15, 0.2) is 30.3 Å². The summed E-state index contributed by atoms with van der Waals surface area (Å²) in [5.41, 5.74) is 0.595. The van der Waals surface area contributed by atoms with Crippen LogP contribution < -0.4 is 5.32 Å². The third kappa shape index (κ3) is 12.5. The number of hydrogen-bond acceptors (Lipinski definition) is 6. The van der Waals surface area contributed by atoms with Crippen LogP contribution in [0.1, 0.15) is 98.0 Å². The summed E-state index contributed by atoms with van der Waals surface area (Å²) in [4.78, 5) is 55.7. The van der Waals surface area contributed by atoms with Crippen molar-refractivity contribution in [1.29, 1.82) is 0 Å². The first-order valence-electron chi connectivity index (χ1n) is 16.2. The Hall–Kier alpha value is -2.58. The van der Waals surface area contributed by atoms with Crippen molar-refractivity contribution in [1.82, 2.24) is 10.2 Å². The molecule has 1 aromatic rings. The molecule has 1 aromatic carbocycles. The number of benzene rings is 1. The van der Waals surface area contributed by atoms with Gasteiger partial charge in [-0.1, -0.05) is 97.1 Å². The Labute approximate surface area is 258 Å². The molecule has 0 aromatic heterocycles. The average Bonchev–Trinajstić information content (AvgIpc) is 2.95. The van der Waals surface area contributed by atoms with Crippen LogP contribution in [-0.2, 0) is 30.5 Å². The molecule has 1 saturated carbocycles. The minimum absolute atomic E-state index is 0.00597. The summed E-state index contributed by atoms with van der Waals surface area (Å²) >= 11 is 0. The number of morpholine rings is 1. The number of carbonyl (C=O) groups excluding carboxylic acids is 4. The molecule has 240 valence electrons. The van der Waals surface area contributed by atoms with Gasteiger partial charge in [0, 0.05) is 25.9 Å². The molecule has 8 nitrogen and oxygen atoms in total. The maximum absolute atomic E-state index is 13.9. The molecule has 0 spiro atoms. The van der Waals surface area contributed by atoms with Gasteiger partial charge in [-0.3, -0.25) is 14.4 Å². The lowest BCUT2D eigenvalue weighted by Crippen LogP contribution is -2.52. The molecule has 43 heavy (non-hydrogen) atoms. The van der Waals surface area contributed by atoms with E-state index in [0.29, 0.717) is 38.6 Å². The quantitative estimate of drug-likeness (QED) is 0.243. The highest BCUT2D eigenvalue weighted by Crippen LogP contribution is 2.36. The number of ether oxygens (including phenoxy) is 2. The summed E-state index contributed by atoms with van der Waals surface area (Å²) in [5.74, 6) is -1.79. The number of carbonyl (C=O) groups is 4. The van der Waals surface area contributed by atoms with Crippen molar-refractivity contribution >= 4 is 23.4 Å². The minimum atomic E-state index is -0.900. The van der Waals surface area contributed by atoms with E-state index in [-0.39, 0.29) is 48.7 Å². The predicted molar refractivity (Wildman–Crippen MR) is 168 cm³/mol. The van der Waals surface area contributed by atoms with Gasteiger partial charge in [-0.25, -0.2) is 4.79 Å². The molecule has 1 heterocycles. The average molecular weight is 599 g/mol. The van der Waals surface area contributed by atoms with Crippen LogP contribution in [-0.4, -0.2) is 67.2 Å². The zero-order valence-corrected chi connectivity index (χ0v) is 27.1. The molecule has 2 fully saturated rings. The Balaban J connectivity index is 1.75. The van der Waals surface area contributed by atoms with Crippen LogP contribution in [0, 0.1) is 22.7 Å². The maximum atomic E-state index is 13.9. The molecule has 0 unspecified atom stereocenters. The molecule has 2 aliphatic rings. The number of amides is 2. The standard InChI is InChI=1S/C35H54N2O6/c1-34(2,3)25-35(4,5)22-31(39)32(40)28(24-43-23-27-14-10-7-11-15-27)21-30(38)29(20-26-12-8-6-9-13-26)36-33(41)37-16-18-42-19-17-37/h7,10-11,14-15,26,28-29H,6,8-9,12-13,16-25H2,1-5H3,(H,36,41)/t28-,29-/m0/s1. The first kappa shape index (κ1) is 34.9. The number of rotatable bonds is 15. The third-order valence-electron chi connectivity index (χ3n) is 8.45. The summed E-state index contributed by atoms with van der Waals surface area (Å²) < 4.78 is 11.3. The van der Waals surface area contributed by atoms with Crippen LogP contribution >= 0.6 is 0 Å². The van der Waals surface area contributed by atoms with Crippen LogP contribution in [0.4, 0.5) is 4.79 Å². The first-order valence-corrected chi connectivity index (χ1v) is 16.2. The number of nitrogens with zero attached hydrogens (tertiary/aromatic N) is 1. The number of Topliss-reactive ketones (excluding diaryl/α,β-unsaturated/α-hetero) is 3. The molecule has 1 aliphatic heterocycles. The summed E-state index contributed by atoms with van der Waals surface area (Å²) in [7, 11) is 0.